The van der Waals surface area contributed by atoms with Gasteiger partial charge in [-0.25, -0.2) is 0 Å². The smallest absolute Gasteiger partial charge is 0.239 e. The maximum atomic E-state index is 12.5. The average Bonchev–Trinajstić information content (AvgIpc) is 3.08. The van der Waals surface area contributed by atoms with Crippen LogP contribution in [-0.2, 0) is 4.79 Å². The zero-order valence-electron chi connectivity index (χ0n) is 10.8. The fourth-order valence-corrected chi connectivity index (χ4v) is 3.69. The summed E-state index contributed by atoms with van der Waals surface area (Å²) >= 11 is 0. The van der Waals surface area contributed by atoms with Crippen LogP contribution < -0.4 is 5.32 Å². The van der Waals surface area contributed by atoms with Gasteiger partial charge in [-0.05, 0) is 44.9 Å². The quantitative estimate of drug-likeness (QED) is 0.812. The van der Waals surface area contributed by atoms with Crippen molar-refractivity contribution in [3.8, 4) is 0 Å². The third kappa shape index (κ3) is 2.22. The second-order valence-corrected chi connectivity index (χ2v) is 5.96. The number of nitrogens with one attached hydrogen (secondary N) is 1. The number of fused-ring (bicyclic) bond motifs is 1. The van der Waals surface area contributed by atoms with E-state index in [0.29, 0.717) is 18.0 Å². The molecule has 2 aliphatic carbocycles. The van der Waals surface area contributed by atoms with Crippen LogP contribution in [0.15, 0.2) is 0 Å². The van der Waals surface area contributed by atoms with Crippen LogP contribution in [-0.4, -0.2) is 35.5 Å². The van der Waals surface area contributed by atoms with Crippen LogP contribution >= 0.6 is 0 Å². The Hall–Kier alpha value is -0.570. The molecule has 0 aromatic heterocycles. The first-order chi connectivity index (χ1) is 8.29. The minimum atomic E-state index is 0.128. The number of likely N-dealkylation sites (N-methyl/N-ethyl adjacent to an activating group) is 1. The van der Waals surface area contributed by atoms with E-state index >= 15 is 0 Å². The number of nitrogens with zero attached hydrogens (tertiary/aromatic N) is 1. The van der Waals surface area contributed by atoms with Crippen LogP contribution in [0.25, 0.3) is 0 Å². The zero-order valence-corrected chi connectivity index (χ0v) is 10.8. The fraction of sp³-hybridized carbons (Fsp3) is 0.929. The molecule has 3 atom stereocenters. The van der Waals surface area contributed by atoms with E-state index in [0.717, 1.165) is 18.9 Å². The topological polar surface area (TPSA) is 32.3 Å². The molecule has 0 aromatic rings. The number of hydrogen-bond acceptors (Lipinski definition) is 2. The largest absolute Gasteiger partial charge is 0.339 e. The minimum Gasteiger partial charge on any atom is -0.339 e. The van der Waals surface area contributed by atoms with Crippen molar-refractivity contribution in [3.63, 3.8) is 0 Å². The molecule has 17 heavy (non-hydrogen) atoms. The van der Waals surface area contributed by atoms with Crippen molar-refractivity contribution < 1.29 is 4.79 Å². The lowest BCUT2D eigenvalue weighted by atomic mass is 9.85. The maximum absolute atomic E-state index is 12.5. The summed E-state index contributed by atoms with van der Waals surface area (Å²) in [6, 6.07) is 1.33. The lowest BCUT2D eigenvalue weighted by Crippen LogP contribution is -2.46. The number of rotatable bonds is 3. The van der Waals surface area contributed by atoms with Crippen LogP contribution in [0.5, 0.6) is 0 Å². The molecule has 1 saturated heterocycles. The van der Waals surface area contributed by atoms with Crippen molar-refractivity contribution in [2.45, 2.75) is 70.0 Å². The second kappa shape index (κ2) is 4.60. The van der Waals surface area contributed by atoms with Gasteiger partial charge in [0.2, 0.25) is 5.91 Å². The summed E-state index contributed by atoms with van der Waals surface area (Å²) < 4.78 is 0. The van der Waals surface area contributed by atoms with Crippen LogP contribution in [0.3, 0.4) is 0 Å². The van der Waals surface area contributed by atoms with Gasteiger partial charge in [0.05, 0.1) is 6.04 Å². The van der Waals surface area contributed by atoms with Gasteiger partial charge in [0, 0.05) is 18.6 Å². The molecule has 0 bridgehead atoms. The van der Waals surface area contributed by atoms with E-state index in [4.69, 9.17) is 0 Å². The second-order valence-electron chi connectivity index (χ2n) is 5.96. The first-order valence-electron chi connectivity index (χ1n) is 7.36. The Kier molecular flexibility index (Phi) is 3.12. The van der Waals surface area contributed by atoms with E-state index in [1.807, 2.05) is 0 Å². The normalized spacial score (nSPS) is 36.6. The summed E-state index contributed by atoms with van der Waals surface area (Å²) in [5.74, 6) is 1.15. The highest BCUT2D eigenvalue weighted by Gasteiger charge is 2.42. The van der Waals surface area contributed by atoms with Gasteiger partial charge in [0.15, 0.2) is 0 Å². The number of hydrogen-bond donors (Lipinski definition) is 1. The molecule has 3 nitrogen and oxygen atoms in total. The van der Waals surface area contributed by atoms with Crippen molar-refractivity contribution in [1.29, 1.82) is 0 Å². The van der Waals surface area contributed by atoms with Crippen molar-refractivity contribution in [2.75, 3.05) is 6.54 Å². The van der Waals surface area contributed by atoms with E-state index < -0.39 is 0 Å². The first kappa shape index (κ1) is 11.5. The Morgan fingerprint density at radius 2 is 2.00 bits per heavy atom. The Labute approximate surface area is 104 Å². The molecule has 96 valence electrons. The van der Waals surface area contributed by atoms with Crippen molar-refractivity contribution in [3.05, 3.63) is 0 Å². The monoisotopic (exact) mass is 236 g/mol. The summed E-state index contributed by atoms with van der Waals surface area (Å²) in [7, 11) is 0. The highest BCUT2D eigenvalue weighted by Crippen LogP contribution is 2.35. The molecule has 3 rings (SSSR count). The standard InChI is InChI=1S/C14H24N2O/c1-2-16(11-7-8-11)14(17)13-9-10-5-3-4-6-12(10)15-13/h10-13,15H,2-9H2,1H3. The van der Waals surface area contributed by atoms with E-state index in [1.165, 1.54) is 38.5 Å². The first-order valence-corrected chi connectivity index (χ1v) is 7.36. The molecule has 0 aromatic carbocycles. The summed E-state index contributed by atoms with van der Waals surface area (Å²) in [4.78, 5) is 14.6. The molecule has 2 saturated carbocycles. The van der Waals surface area contributed by atoms with Gasteiger partial charge in [-0.1, -0.05) is 12.8 Å². The van der Waals surface area contributed by atoms with Crippen molar-refractivity contribution >= 4 is 5.91 Å². The lowest BCUT2D eigenvalue weighted by molar-refractivity contribution is -0.133. The predicted octanol–water partition coefficient (Wildman–Crippen LogP) is 1.92. The summed E-state index contributed by atoms with van der Waals surface area (Å²) in [6.07, 6.45) is 8.85. The van der Waals surface area contributed by atoms with Crippen molar-refractivity contribution in [1.82, 2.24) is 10.2 Å². The zero-order chi connectivity index (χ0) is 11.8. The van der Waals surface area contributed by atoms with Gasteiger partial charge in [-0.15, -0.1) is 0 Å². The molecule has 1 amide bonds. The van der Waals surface area contributed by atoms with Gasteiger partial charge in [0.1, 0.15) is 0 Å². The predicted molar refractivity (Wildman–Crippen MR) is 67.7 cm³/mol. The van der Waals surface area contributed by atoms with Crippen LogP contribution in [0, 0.1) is 5.92 Å². The molecular formula is C14H24N2O. The van der Waals surface area contributed by atoms with Crippen molar-refractivity contribution in [2.24, 2.45) is 5.92 Å². The molecule has 3 fully saturated rings. The molecular weight excluding hydrogens is 212 g/mol. The molecule has 1 aliphatic heterocycles. The Balaban J connectivity index is 1.62. The minimum absolute atomic E-state index is 0.128. The van der Waals surface area contributed by atoms with Crippen LogP contribution in [0.4, 0.5) is 0 Å². The van der Waals surface area contributed by atoms with E-state index in [-0.39, 0.29) is 6.04 Å². The van der Waals surface area contributed by atoms with E-state index in [2.05, 4.69) is 17.1 Å². The van der Waals surface area contributed by atoms with E-state index in [9.17, 15) is 4.79 Å². The SMILES string of the molecule is CCN(C(=O)C1CC2CCCCC2N1)C1CC1. The average molecular weight is 236 g/mol. The summed E-state index contributed by atoms with van der Waals surface area (Å²) in [5.41, 5.74) is 0. The third-order valence-corrected chi connectivity index (χ3v) is 4.77. The van der Waals surface area contributed by atoms with Gasteiger partial charge >= 0.3 is 0 Å². The fourth-order valence-electron chi connectivity index (χ4n) is 3.69. The molecule has 3 unspecified atom stereocenters. The molecule has 1 N–H and O–H groups in total. The molecule has 0 spiro atoms. The molecule has 3 aliphatic rings. The number of carbonyl (C=O) groups excluding carboxylic acids is 1. The van der Waals surface area contributed by atoms with E-state index in [1.54, 1.807) is 0 Å². The highest BCUT2D eigenvalue weighted by molar-refractivity contribution is 5.83. The Morgan fingerprint density at radius 1 is 1.24 bits per heavy atom. The number of carbonyl (C=O) groups is 1. The van der Waals surface area contributed by atoms with Gasteiger partial charge in [0.25, 0.3) is 0 Å². The van der Waals surface area contributed by atoms with Crippen LogP contribution in [0.1, 0.15) is 51.9 Å². The molecule has 0 radical (unpaired) electrons. The summed E-state index contributed by atoms with van der Waals surface area (Å²) in [6.45, 7) is 3.00. The third-order valence-electron chi connectivity index (χ3n) is 4.77. The summed E-state index contributed by atoms with van der Waals surface area (Å²) in [5, 5.41) is 3.60. The highest BCUT2D eigenvalue weighted by atomic mass is 16.2. The maximum Gasteiger partial charge on any atom is 0.239 e. The Bertz CT molecular complexity index is 287. The van der Waals surface area contributed by atoms with Gasteiger partial charge in [-0.2, -0.15) is 0 Å². The number of amides is 1. The Morgan fingerprint density at radius 3 is 2.65 bits per heavy atom. The molecule has 3 heteroatoms. The van der Waals surface area contributed by atoms with Gasteiger partial charge < -0.3 is 10.2 Å². The molecule has 1 heterocycles. The lowest BCUT2D eigenvalue weighted by Gasteiger charge is -2.25. The van der Waals surface area contributed by atoms with Crippen LogP contribution in [0.2, 0.25) is 0 Å². The van der Waals surface area contributed by atoms with Gasteiger partial charge in [-0.3, -0.25) is 4.79 Å².